The van der Waals surface area contributed by atoms with Gasteiger partial charge in [0.2, 0.25) is 5.91 Å². The first-order valence-corrected chi connectivity index (χ1v) is 12.3. The maximum atomic E-state index is 13.1. The minimum Gasteiger partial charge on any atom is -0.353 e. The predicted molar refractivity (Wildman–Crippen MR) is 117 cm³/mol. The molecule has 9 nitrogen and oxygen atoms in total. The van der Waals surface area contributed by atoms with Crippen molar-refractivity contribution in [3.05, 3.63) is 36.9 Å². The van der Waals surface area contributed by atoms with E-state index in [0.29, 0.717) is 32.5 Å². The van der Waals surface area contributed by atoms with Gasteiger partial charge in [0.25, 0.3) is 10.0 Å². The molecule has 1 amide bonds. The molecule has 0 aromatic carbocycles. The zero-order chi connectivity index (χ0) is 22.0. The normalized spacial score (nSPS) is 20.9. The van der Waals surface area contributed by atoms with E-state index in [1.165, 1.54) is 4.31 Å². The van der Waals surface area contributed by atoms with Gasteiger partial charge in [0.1, 0.15) is 5.82 Å². The number of nitrogens with zero attached hydrogens (tertiary/aromatic N) is 6. The number of hydrogen-bond acceptors (Lipinski definition) is 6. The van der Waals surface area contributed by atoms with E-state index in [2.05, 4.69) is 14.9 Å². The summed E-state index contributed by atoms with van der Waals surface area (Å²) >= 11 is 0. The average Bonchev–Trinajstić information content (AvgIpc) is 3.31. The predicted octanol–water partition coefficient (Wildman–Crippen LogP) is 1.61. The van der Waals surface area contributed by atoms with Crippen molar-refractivity contribution in [1.29, 1.82) is 0 Å². The minimum atomic E-state index is -3.70. The number of amides is 1. The largest absolute Gasteiger partial charge is 0.353 e. The summed E-state index contributed by atoms with van der Waals surface area (Å²) in [7, 11) is -3.70. The molecule has 168 valence electrons. The quantitative estimate of drug-likeness (QED) is 0.693. The Balaban J connectivity index is 1.38. The van der Waals surface area contributed by atoms with E-state index in [9.17, 15) is 13.2 Å². The molecule has 2 aromatic rings. The zero-order valence-electron chi connectivity index (χ0n) is 18.1. The molecule has 0 unspecified atom stereocenters. The molecule has 1 atom stereocenters. The van der Waals surface area contributed by atoms with Crippen LogP contribution in [-0.2, 0) is 14.8 Å². The van der Waals surface area contributed by atoms with Gasteiger partial charge in [-0.15, -0.1) is 0 Å². The van der Waals surface area contributed by atoms with Crippen LogP contribution in [-0.4, -0.2) is 77.3 Å². The van der Waals surface area contributed by atoms with Crippen LogP contribution in [0.15, 0.2) is 41.9 Å². The molecule has 4 rings (SSSR count). The highest BCUT2D eigenvalue weighted by molar-refractivity contribution is 7.89. The zero-order valence-corrected chi connectivity index (χ0v) is 18.9. The Bertz CT molecular complexity index is 999. The van der Waals surface area contributed by atoms with E-state index in [-0.39, 0.29) is 29.4 Å². The van der Waals surface area contributed by atoms with Gasteiger partial charge in [0.15, 0.2) is 5.03 Å². The van der Waals surface area contributed by atoms with Crippen LogP contribution in [0.25, 0.3) is 0 Å². The molecular formula is C21H30N6O3S. The molecule has 0 aliphatic carbocycles. The topological polar surface area (TPSA) is 91.6 Å². The SMILES string of the molecule is CC(C)n1cnc(S(=O)(=O)N2CCC[C@H](C(=O)N3CCN(c4ccccn4)CC3)C2)c1. The van der Waals surface area contributed by atoms with E-state index in [1.807, 2.05) is 36.9 Å². The summed E-state index contributed by atoms with van der Waals surface area (Å²) in [6.45, 7) is 7.29. The molecule has 2 aliphatic heterocycles. The monoisotopic (exact) mass is 446 g/mol. The number of sulfonamides is 1. The highest BCUT2D eigenvalue weighted by Gasteiger charge is 2.36. The lowest BCUT2D eigenvalue weighted by atomic mass is 9.98. The number of hydrogen-bond donors (Lipinski definition) is 0. The van der Waals surface area contributed by atoms with Crippen LogP contribution in [0, 0.1) is 5.92 Å². The Morgan fingerprint density at radius 1 is 1.10 bits per heavy atom. The highest BCUT2D eigenvalue weighted by Crippen LogP contribution is 2.25. The summed E-state index contributed by atoms with van der Waals surface area (Å²) in [6.07, 6.45) is 6.28. The van der Waals surface area contributed by atoms with Crippen LogP contribution in [0.4, 0.5) is 5.82 Å². The van der Waals surface area contributed by atoms with E-state index in [1.54, 1.807) is 23.3 Å². The Morgan fingerprint density at radius 2 is 1.87 bits per heavy atom. The van der Waals surface area contributed by atoms with Crippen molar-refractivity contribution in [2.45, 2.75) is 37.8 Å². The van der Waals surface area contributed by atoms with Crippen LogP contribution in [0.2, 0.25) is 0 Å². The van der Waals surface area contributed by atoms with E-state index < -0.39 is 10.0 Å². The van der Waals surface area contributed by atoms with Crippen LogP contribution < -0.4 is 4.90 Å². The standard InChI is InChI=1S/C21H30N6O3S/c1-17(2)26-15-20(23-16-26)31(29,30)27-9-5-6-18(14-27)21(28)25-12-10-24(11-13-25)19-7-3-4-8-22-19/h3-4,7-8,15-18H,5-6,9-14H2,1-2H3/t18-/m0/s1. The third-order valence-electron chi connectivity index (χ3n) is 6.08. The Labute approximate surface area is 183 Å². The van der Waals surface area contributed by atoms with E-state index in [0.717, 1.165) is 18.9 Å². The first-order chi connectivity index (χ1) is 14.9. The number of piperazine rings is 1. The van der Waals surface area contributed by atoms with Crippen LogP contribution >= 0.6 is 0 Å². The fourth-order valence-corrected chi connectivity index (χ4v) is 5.63. The van der Waals surface area contributed by atoms with Crippen LogP contribution in [0.5, 0.6) is 0 Å². The second-order valence-electron chi connectivity index (χ2n) is 8.46. The number of carbonyl (C=O) groups excluding carboxylic acids is 1. The van der Waals surface area contributed by atoms with Gasteiger partial charge in [0.05, 0.1) is 12.2 Å². The molecule has 2 fully saturated rings. The number of piperidine rings is 1. The molecule has 31 heavy (non-hydrogen) atoms. The fourth-order valence-electron chi connectivity index (χ4n) is 4.18. The van der Waals surface area contributed by atoms with Gasteiger partial charge in [-0.2, -0.15) is 4.31 Å². The summed E-state index contributed by atoms with van der Waals surface area (Å²) in [6, 6.07) is 5.96. The second-order valence-corrected chi connectivity index (χ2v) is 10.3. The summed E-state index contributed by atoms with van der Waals surface area (Å²) in [5.41, 5.74) is 0. The lowest BCUT2D eigenvalue weighted by molar-refractivity contribution is -0.137. The third kappa shape index (κ3) is 4.59. The molecule has 2 aromatic heterocycles. The van der Waals surface area contributed by atoms with Crippen molar-refractivity contribution < 1.29 is 13.2 Å². The molecule has 10 heteroatoms. The first kappa shape index (κ1) is 21.8. The van der Waals surface area contributed by atoms with Crippen molar-refractivity contribution in [3.8, 4) is 0 Å². The maximum absolute atomic E-state index is 13.1. The molecule has 0 radical (unpaired) electrons. The Kier molecular flexibility index (Phi) is 6.29. The Morgan fingerprint density at radius 3 is 2.52 bits per heavy atom. The molecule has 0 spiro atoms. The van der Waals surface area contributed by atoms with E-state index in [4.69, 9.17) is 0 Å². The number of carbonyl (C=O) groups is 1. The smallest absolute Gasteiger partial charge is 0.262 e. The summed E-state index contributed by atoms with van der Waals surface area (Å²) < 4.78 is 29.4. The van der Waals surface area contributed by atoms with E-state index >= 15 is 0 Å². The molecular weight excluding hydrogens is 416 g/mol. The summed E-state index contributed by atoms with van der Waals surface area (Å²) in [4.78, 5) is 25.7. The van der Waals surface area contributed by atoms with Gasteiger partial charge in [0, 0.05) is 57.7 Å². The van der Waals surface area contributed by atoms with Gasteiger partial charge in [-0.25, -0.2) is 18.4 Å². The van der Waals surface area contributed by atoms with Gasteiger partial charge in [-0.1, -0.05) is 6.07 Å². The molecule has 2 aliphatic rings. The highest BCUT2D eigenvalue weighted by atomic mass is 32.2. The van der Waals surface area contributed by atoms with Crippen LogP contribution in [0.1, 0.15) is 32.7 Å². The molecule has 0 saturated carbocycles. The van der Waals surface area contributed by atoms with Gasteiger partial charge >= 0.3 is 0 Å². The first-order valence-electron chi connectivity index (χ1n) is 10.8. The third-order valence-corrected chi connectivity index (χ3v) is 7.83. The van der Waals surface area contributed by atoms with Gasteiger partial charge in [-0.05, 0) is 38.8 Å². The number of anilines is 1. The van der Waals surface area contributed by atoms with Gasteiger partial charge < -0.3 is 14.4 Å². The van der Waals surface area contributed by atoms with Crippen molar-refractivity contribution in [1.82, 2.24) is 23.7 Å². The fraction of sp³-hybridized carbons (Fsp3) is 0.571. The molecule has 0 N–H and O–H groups in total. The minimum absolute atomic E-state index is 0.0493. The number of pyridine rings is 1. The summed E-state index contributed by atoms with van der Waals surface area (Å²) in [5.74, 6) is 0.663. The molecule has 2 saturated heterocycles. The van der Waals surface area contributed by atoms with Crippen LogP contribution in [0.3, 0.4) is 0 Å². The van der Waals surface area contributed by atoms with Crippen molar-refractivity contribution in [2.75, 3.05) is 44.2 Å². The van der Waals surface area contributed by atoms with Crippen molar-refractivity contribution >= 4 is 21.7 Å². The number of rotatable bonds is 5. The van der Waals surface area contributed by atoms with Crippen molar-refractivity contribution in [2.24, 2.45) is 5.92 Å². The average molecular weight is 447 g/mol. The second kappa shape index (κ2) is 8.96. The molecule has 0 bridgehead atoms. The Hall–Kier alpha value is -2.46. The lowest BCUT2D eigenvalue weighted by Crippen LogP contribution is -2.53. The van der Waals surface area contributed by atoms with Crippen molar-refractivity contribution in [3.63, 3.8) is 0 Å². The maximum Gasteiger partial charge on any atom is 0.262 e. The number of imidazole rings is 1. The van der Waals surface area contributed by atoms with Gasteiger partial charge in [-0.3, -0.25) is 4.79 Å². The number of aromatic nitrogens is 3. The lowest BCUT2D eigenvalue weighted by Gasteiger charge is -2.39. The summed E-state index contributed by atoms with van der Waals surface area (Å²) in [5, 5.41) is 0.0540. The molecule has 4 heterocycles.